The minimum Gasteiger partial charge on any atom is -0.325 e. The first-order chi connectivity index (χ1) is 10.3. The van der Waals surface area contributed by atoms with Crippen LogP contribution in [0.5, 0.6) is 0 Å². The van der Waals surface area contributed by atoms with Crippen molar-refractivity contribution in [1.29, 1.82) is 0 Å². The molecule has 0 atom stereocenters. The van der Waals surface area contributed by atoms with Gasteiger partial charge in [0.15, 0.2) is 5.65 Å². The molecule has 0 aliphatic heterocycles. The monoisotopic (exact) mass is 281 g/mol. The quantitative estimate of drug-likeness (QED) is 0.751. The number of H-pyrrole nitrogens is 1. The van der Waals surface area contributed by atoms with Crippen molar-refractivity contribution in [3.05, 3.63) is 48.5 Å². The van der Waals surface area contributed by atoms with Crippen molar-refractivity contribution in [1.82, 2.24) is 20.2 Å². The van der Waals surface area contributed by atoms with E-state index in [1.165, 1.54) is 0 Å². The van der Waals surface area contributed by atoms with E-state index in [2.05, 4.69) is 25.5 Å². The van der Waals surface area contributed by atoms with Gasteiger partial charge >= 0.3 is 0 Å². The van der Waals surface area contributed by atoms with Gasteiger partial charge in [-0.25, -0.2) is 4.98 Å². The Morgan fingerprint density at radius 1 is 1.29 bits per heavy atom. The minimum atomic E-state index is -0.0106. The maximum Gasteiger partial charge on any atom is 0.224 e. The zero-order valence-corrected chi connectivity index (χ0v) is 11.4. The molecule has 0 aliphatic rings. The maximum atomic E-state index is 11.9. The van der Waals surface area contributed by atoms with Crippen molar-refractivity contribution in [3.63, 3.8) is 0 Å². The molecule has 2 N–H and O–H groups in total. The van der Waals surface area contributed by atoms with Gasteiger partial charge in [-0.3, -0.25) is 14.9 Å². The largest absolute Gasteiger partial charge is 0.325 e. The lowest BCUT2D eigenvalue weighted by Crippen LogP contribution is -2.11. The number of aromatic nitrogens is 4. The molecule has 3 aromatic rings. The number of carbonyl (C=O) groups is 1. The number of hydrogen-bond donors (Lipinski definition) is 2. The van der Waals surface area contributed by atoms with Crippen LogP contribution in [0.3, 0.4) is 0 Å². The van der Waals surface area contributed by atoms with Crippen molar-refractivity contribution in [2.45, 2.75) is 19.3 Å². The van der Waals surface area contributed by atoms with Crippen LogP contribution in [0.25, 0.3) is 11.0 Å². The minimum absolute atomic E-state index is 0.0106. The van der Waals surface area contributed by atoms with Gasteiger partial charge in [0, 0.05) is 24.2 Å². The zero-order valence-electron chi connectivity index (χ0n) is 11.4. The average Bonchev–Trinajstić information content (AvgIpc) is 2.96. The first kappa shape index (κ1) is 13.2. The van der Waals surface area contributed by atoms with Gasteiger partial charge in [-0.1, -0.05) is 6.07 Å². The van der Waals surface area contributed by atoms with Crippen molar-refractivity contribution in [2.24, 2.45) is 0 Å². The summed E-state index contributed by atoms with van der Waals surface area (Å²) in [5, 5.41) is 10.4. The standard InChI is InChI=1S/C15H15N5O/c21-14(5-1-3-11-4-2-6-16-8-11)19-13-7-12-9-18-20-15(12)17-10-13/h2,4,6-10H,1,3,5H2,(H,19,21)(H,17,18,20). The third kappa shape index (κ3) is 3.42. The highest BCUT2D eigenvalue weighted by atomic mass is 16.1. The number of hydrogen-bond acceptors (Lipinski definition) is 4. The molecule has 106 valence electrons. The molecule has 0 aliphatic carbocycles. The summed E-state index contributed by atoms with van der Waals surface area (Å²) in [6.07, 6.45) is 8.99. The second kappa shape index (κ2) is 6.13. The molecule has 0 unspecified atom stereocenters. The first-order valence-electron chi connectivity index (χ1n) is 6.79. The van der Waals surface area contributed by atoms with Crippen molar-refractivity contribution in [3.8, 4) is 0 Å². The number of aryl methyl sites for hydroxylation is 1. The topological polar surface area (TPSA) is 83.6 Å². The summed E-state index contributed by atoms with van der Waals surface area (Å²) >= 11 is 0. The molecule has 1 amide bonds. The van der Waals surface area contributed by atoms with Crippen LogP contribution in [0.2, 0.25) is 0 Å². The van der Waals surface area contributed by atoms with Crippen LogP contribution in [0.15, 0.2) is 43.0 Å². The maximum absolute atomic E-state index is 11.9. The Kier molecular flexibility index (Phi) is 3.86. The molecular weight excluding hydrogens is 266 g/mol. The van der Waals surface area contributed by atoms with E-state index in [1.54, 1.807) is 18.6 Å². The average molecular weight is 281 g/mol. The lowest BCUT2D eigenvalue weighted by atomic mass is 10.1. The number of aromatic amines is 1. The molecule has 0 fully saturated rings. The third-order valence-electron chi connectivity index (χ3n) is 3.17. The Hall–Kier alpha value is -2.76. The fourth-order valence-corrected chi connectivity index (χ4v) is 2.13. The lowest BCUT2D eigenvalue weighted by molar-refractivity contribution is -0.116. The van der Waals surface area contributed by atoms with Gasteiger partial charge in [-0.2, -0.15) is 5.10 Å². The summed E-state index contributed by atoms with van der Waals surface area (Å²) in [5.74, 6) is -0.0106. The summed E-state index contributed by atoms with van der Waals surface area (Å²) in [5.41, 5.74) is 2.55. The van der Waals surface area contributed by atoms with Gasteiger partial charge in [-0.15, -0.1) is 0 Å². The first-order valence-corrected chi connectivity index (χ1v) is 6.79. The van der Waals surface area contributed by atoms with E-state index < -0.39 is 0 Å². The smallest absolute Gasteiger partial charge is 0.224 e. The normalized spacial score (nSPS) is 10.7. The van der Waals surface area contributed by atoms with Crippen LogP contribution in [0.1, 0.15) is 18.4 Å². The number of rotatable bonds is 5. The number of nitrogens with zero attached hydrogens (tertiary/aromatic N) is 3. The van der Waals surface area contributed by atoms with E-state index in [4.69, 9.17) is 0 Å². The number of pyridine rings is 2. The molecule has 3 rings (SSSR count). The Morgan fingerprint density at radius 2 is 2.24 bits per heavy atom. The second-order valence-corrected chi connectivity index (χ2v) is 4.79. The van der Waals surface area contributed by atoms with Crippen molar-refractivity contribution < 1.29 is 4.79 Å². The summed E-state index contributed by atoms with van der Waals surface area (Å²) in [6, 6.07) is 5.77. The van der Waals surface area contributed by atoms with E-state index >= 15 is 0 Å². The van der Waals surface area contributed by atoms with Gasteiger partial charge < -0.3 is 5.32 Å². The highest BCUT2D eigenvalue weighted by Crippen LogP contribution is 2.14. The lowest BCUT2D eigenvalue weighted by Gasteiger charge is -2.05. The molecule has 0 radical (unpaired) electrons. The SMILES string of the molecule is O=C(CCCc1cccnc1)Nc1cnc2[nH]ncc2c1. The van der Waals surface area contributed by atoms with Crippen LogP contribution in [0.4, 0.5) is 5.69 Å². The van der Waals surface area contributed by atoms with Gasteiger partial charge in [0.25, 0.3) is 0 Å². The van der Waals surface area contributed by atoms with Crippen LogP contribution in [0, 0.1) is 0 Å². The highest BCUT2D eigenvalue weighted by molar-refractivity contribution is 5.92. The Labute approximate surface area is 121 Å². The van der Waals surface area contributed by atoms with Crippen LogP contribution in [-0.4, -0.2) is 26.1 Å². The van der Waals surface area contributed by atoms with E-state index in [9.17, 15) is 4.79 Å². The second-order valence-electron chi connectivity index (χ2n) is 4.79. The molecule has 3 aromatic heterocycles. The summed E-state index contributed by atoms with van der Waals surface area (Å²) in [4.78, 5) is 20.1. The van der Waals surface area contributed by atoms with E-state index in [0.717, 1.165) is 23.8 Å². The summed E-state index contributed by atoms with van der Waals surface area (Å²) < 4.78 is 0. The fourth-order valence-electron chi connectivity index (χ4n) is 2.13. The third-order valence-corrected chi connectivity index (χ3v) is 3.17. The molecule has 0 saturated heterocycles. The predicted molar refractivity (Wildman–Crippen MR) is 79.7 cm³/mol. The molecule has 0 aromatic carbocycles. The number of fused-ring (bicyclic) bond motifs is 1. The Balaban J connectivity index is 1.51. The van der Waals surface area contributed by atoms with Crippen LogP contribution < -0.4 is 5.32 Å². The highest BCUT2D eigenvalue weighted by Gasteiger charge is 2.05. The molecule has 0 bridgehead atoms. The van der Waals surface area contributed by atoms with Crippen molar-refractivity contribution in [2.75, 3.05) is 5.32 Å². The van der Waals surface area contributed by atoms with E-state index in [0.29, 0.717) is 17.8 Å². The molecule has 6 nitrogen and oxygen atoms in total. The predicted octanol–water partition coefficient (Wildman–Crippen LogP) is 2.31. The summed E-state index contributed by atoms with van der Waals surface area (Å²) in [6.45, 7) is 0. The van der Waals surface area contributed by atoms with E-state index in [-0.39, 0.29) is 5.91 Å². The van der Waals surface area contributed by atoms with Gasteiger partial charge in [0.2, 0.25) is 5.91 Å². The number of amides is 1. The fraction of sp³-hybridized carbons (Fsp3) is 0.200. The van der Waals surface area contributed by atoms with Crippen molar-refractivity contribution >= 4 is 22.6 Å². The summed E-state index contributed by atoms with van der Waals surface area (Å²) in [7, 11) is 0. The number of anilines is 1. The van der Waals surface area contributed by atoms with Crippen LogP contribution >= 0.6 is 0 Å². The zero-order chi connectivity index (χ0) is 14.5. The van der Waals surface area contributed by atoms with Crippen LogP contribution in [-0.2, 0) is 11.2 Å². The van der Waals surface area contributed by atoms with Gasteiger partial charge in [0.05, 0.1) is 18.1 Å². The molecule has 6 heteroatoms. The Bertz CT molecular complexity index is 738. The van der Waals surface area contributed by atoms with E-state index in [1.807, 2.05) is 24.4 Å². The molecule has 3 heterocycles. The number of carbonyl (C=O) groups excluding carboxylic acids is 1. The molecule has 0 spiro atoms. The van der Waals surface area contributed by atoms with Gasteiger partial charge in [-0.05, 0) is 30.5 Å². The molecule has 21 heavy (non-hydrogen) atoms. The van der Waals surface area contributed by atoms with Gasteiger partial charge in [0.1, 0.15) is 0 Å². The molecular formula is C15H15N5O. The Morgan fingerprint density at radius 3 is 3.10 bits per heavy atom. The number of nitrogens with one attached hydrogen (secondary N) is 2. The molecule has 0 saturated carbocycles.